The first kappa shape index (κ1) is 19.3. The lowest BCUT2D eigenvalue weighted by Gasteiger charge is -2.43. The predicted molar refractivity (Wildman–Crippen MR) is 108 cm³/mol. The molecule has 2 heterocycles. The van der Waals surface area contributed by atoms with Crippen LogP contribution in [0.3, 0.4) is 0 Å². The van der Waals surface area contributed by atoms with Gasteiger partial charge < -0.3 is 19.1 Å². The largest absolute Gasteiger partial charge is 0.497 e. The average molecular weight is 395 g/mol. The van der Waals surface area contributed by atoms with Gasteiger partial charge >= 0.3 is 0 Å². The van der Waals surface area contributed by atoms with E-state index in [4.69, 9.17) is 14.2 Å². The van der Waals surface area contributed by atoms with Crippen LogP contribution in [-0.2, 0) is 4.79 Å². The quantitative estimate of drug-likeness (QED) is 0.794. The van der Waals surface area contributed by atoms with Gasteiger partial charge in [0.05, 0.1) is 19.1 Å². The summed E-state index contributed by atoms with van der Waals surface area (Å²) < 4.78 is 17.1. The topological polar surface area (TPSA) is 65.1 Å². The fraction of sp³-hybridized carbons (Fsp3) is 0.391. The SMILES string of the molecule is COc1ccc2c(c1)C(=O)CC1(CCN(C(=O)COc3ccc(C)cc3)CC1)O2. The second kappa shape index (κ2) is 7.78. The van der Waals surface area contributed by atoms with Crippen LogP contribution in [0.5, 0.6) is 17.2 Å². The number of carbonyl (C=O) groups excluding carboxylic acids is 2. The van der Waals surface area contributed by atoms with Gasteiger partial charge in [0, 0.05) is 25.9 Å². The minimum absolute atomic E-state index is 0.0124. The maximum absolute atomic E-state index is 12.7. The lowest BCUT2D eigenvalue weighted by atomic mass is 9.82. The molecule has 4 rings (SSSR count). The highest BCUT2D eigenvalue weighted by Gasteiger charge is 2.43. The molecular formula is C23H25NO5. The first-order valence-corrected chi connectivity index (χ1v) is 9.85. The lowest BCUT2D eigenvalue weighted by Crippen LogP contribution is -2.53. The van der Waals surface area contributed by atoms with Crippen LogP contribution in [0.15, 0.2) is 42.5 Å². The fourth-order valence-electron chi connectivity index (χ4n) is 3.91. The Balaban J connectivity index is 1.35. The molecular weight excluding hydrogens is 370 g/mol. The molecule has 0 aromatic heterocycles. The molecule has 0 unspecified atom stereocenters. The van der Waals surface area contributed by atoms with Crippen molar-refractivity contribution < 1.29 is 23.8 Å². The Bertz CT molecular complexity index is 913. The number of likely N-dealkylation sites (tertiary alicyclic amines) is 1. The van der Waals surface area contributed by atoms with E-state index in [1.165, 1.54) is 0 Å². The Morgan fingerprint density at radius 1 is 1.10 bits per heavy atom. The molecule has 0 N–H and O–H groups in total. The molecule has 1 fully saturated rings. The zero-order chi connectivity index (χ0) is 20.4. The molecule has 152 valence electrons. The molecule has 0 saturated carbocycles. The molecule has 0 aliphatic carbocycles. The maximum atomic E-state index is 12.7. The smallest absolute Gasteiger partial charge is 0.260 e. The first-order chi connectivity index (χ1) is 14.0. The molecule has 0 radical (unpaired) electrons. The van der Waals surface area contributed by atoms with Crippen LogP contribution in [-0.4, -0.2) is 49.0 Å². The number of piperidine rings is 1. The molecule has 6 nitrogen and oxygen atoms in total. The van der Waals surface area contributed by atoms with E-state index in [9.17, 15) is 9.59 Å². The fourth-order valence-corrected chi connectivity index (χ4v) is 3.91. The molecule has 6 heteroatoms. The number of nitrogens with zero attached hydrogens (tertiary/aromatic N) is 1. The van der Waals surface area contributed by atoms with E-state index in [0.29, 0.717) is 55.2 Å². The highest BCUT2D eigenvalue weighted by molar-refractivity contribution is 6.00. The van der Waals surface area contributed by atoms with Gasteiger partial charge in [0.15, 0.2) is 12.4 Å². The van der Waals surface area contributed by atoms with Crippen molar-refractivity contribution >= 4 is 11.7 Å². The Labute approximate surface area is 170 Å². The summed E-state index contributed by atoms with van der Waals surface area (Å²) in [6, 6.07) is 13.0. The highest BCUT2D eigenvalue weighted by Crippen LogP contribution is 2.40. The van der Waals surface area contributed by atoms with Crippen LogP contribution < -0.4 is 14.2 Å². The number of hydrogen-bond donors (Lipinski definition) is 0. The number of aryl methyl sites for hydroxylation is 1. The molecule has 1 spiro atoms. The highest BCUT2D eigenvalue weighted by atomic mass is 16.5. The van der Waals surface area contributed by atoms with Gasteiger partial charge in [-0.25, -0.2) is 0 Å². The van der Waals surface area contributed by atoms with Crippen molar-refractivity contribution in [2.45, 2.75) is 31.8 Å². The molecule has 2 aromatic rings. The molecule has 0 atom stereocenters. The number of benzene rings is 2. The van der Waals surface area contributed by atoms with Crippen molar-refractivity contribution in [1.29, 1.82) is 0 Å². The van der Waals surface area contributed by atoms with Crippen molar-refractivity contribution in [2.24, 2.45) is 0 Å². The molecule has 2 aliphatic heterocycles. The van der Waals surface area contributed by atoms with Crippen molar-refractivity contribution in [3.05, 3.63) is 53.6 Å². The second-order valence-electron chi connectivity index (χ2n) is 7.73. The minimum atomic E-state index is -0.534. The van der Waals surface area contributed by atoms with Gasteiger partial charge in [0.1, 0.15) is 22.8 Å². The number of amides is 1. The molecule has 29 heavy (non-hydrogen) atoms. The summed E-state index contributed by atoms with van der Waals surface area (Å²) in [6.45, 7) is 3.12. The molecule has 2 aromatic carbocycles. The summed E-state index contributed by atoms with van der Waals surface area (Å²) in [6.07, 6.45) is 1.58. The monoisotopic (exact) mass is 395 g/mol. The third kappa shape index (κ3) is 4.06. The summed E-state index contributed by atoms with van der Waals surface area (Å²) in [5.41, 5.74) is 1.18. The van der Waals surface area contributed by atoms with Gasteiger partial charge in [0.2, 0.25) is 0 Å². The molecule has 2 aliphatic rings. The third-order valence-electron chi connectivity index (χ3n) is 5.71. The number of hydrogen-bond acceptors (Lipinski definition) is 5. The summed E-state index contributed by atoms with van der Waals surface area (Å²) in [5, 5.41) is 0. The number of ketones is 1. The lowest BCUT2D eigenvalue weighted by molar-refractivity contribution is -0.136. The second-order valence-corrected chi connectivity index (χ2v) is 7.73. The Morgan fingerprint density at radius 3 is 2.48 bits per heavy atom. The number of carbonyl (C=O) groups is 2. The van der Waals surface area contributed by atoms with Crippen molar-refractivity contribution in [3.63, 3.8) is 0 Å². The predicted octanol–water partition coefficient (Wildman–Crippen LogP) is 3.41. The Morgan fingerprint density at radius 2 is 1.79 bits per heavy atom. The van der Waals surface area contributed by atoms with Crippen molar-refractivity contribution in [2.75, 3.05) is 26.8 Å². The van der Waals surface area contributed by atoms with Gasteiger partial charge in [-0.1, -0.05) is 17.7 Å². The van der Waals surface area contributed by atoms with E-state index >= 15 is 0 Å². The van der Waals surface area contributed by atoms with Crippen LogP contribution in [0, 0.1) is 6.92 Å². The number of fused-ring (bicyclic) bond motifs is 1. The van der Waals surface area contributed by atoms with E-state index < -0.39 is 5.60 Å². The standard InChI is InChI=1S/C23H25NO5/c1-16-3-5-17(6-4-16)28-15-22(26)24-11-9-23(10-12-24)14-20(25)19-13-18(27-2)7-8-21(19)29-23/h3-8,13H,9-12,14-15H2,1-2H3. The van der Waals surface area contributed by atoms with Gasteiger partial charge in [0.25, 0.3) is 5.91 Å². The van der Waals surface area contributed by atoms with Crippen LogP contribution in [0.4, 0.5) is 0 Å². The van der Waals surface area contributed by atoms with Gasteiger partial charge in [-0.05, 0) is 37.3 Å². The zero-order valence-electron chi connectivity index (χ0n) is 16.8. The van der Waals surface area contributed by atoms with Crippen LogP contribution >= 0.6 is 0 Å². The summed E-state index contributed by atoms with van der Waals surface area (Å²) >= 11 is 0. The molecule has 1 amide bonds. The Kier molecular flexibility index (Phi) is 5.18. The molecule has 0 bridgehead atoms. The summed E-state index contributed by atoms with van der Waals surface area (Å²) in [5.74, 6) is 1.95. The van der Waals surface area contributed by atoms with Gasteiger partial charge in [-0.15, -0.1) is 0 Å². The number of Topliss-reactive ketones (excluding diaryl/α,β-unsaturated/α-hetero) is 1. The van der Waals surface area contributed by atoms with Gasteiger partial charge in [-0.3, -0.25) is 9.59 Å². The van der Waals surface area contributed by atoms with Gasteiger partial charge in [-0.2, -0.15) is 0 Å². The normalized spacial score (nSPS) is 17.4. The van der Waals surface area contributed by atoms with E-state index in [-0.39, 0.29) is 18.3 Å². The number of methoxy groups -OCH3 is 1. The van der Waals surface area contributed by atoms with Crippen LogP contribution in [0.25, 0.3) is 0 Å². The van der Waals surface area contributed by atoms with Crippen molar-refractivity contribution in [3.8, 4) is 17.2 Å². The summed E-state index contributed by atoms with van der Waals surface area (Å²) in [7, 11) is 1.58. The third-order valence-corrected chi connectivity index (χ3v) is 5.71. The molecule has 1 saturated heterocycles. The average Bonchev–Trinajstić information content (AvgIpc) is 2.73. The maximum Gasteiger partial charge on any atom is 0.260 e. The Hall–Kier alpha value is -3.02. The zero-order valence-corrected chi connectivity index (χ0v) is 16.8. The van der Waals surface area contributed by atoms with Crippen LogP contribution in [0.1, 0.15) is 35.2 Å². The first-order valence-electron chi connectivity index (χ1n) is 9.85. The number of rotatable bonds is 4. The van der Waals surface area contributed by atoms with Crippen LogP contribution in [0.2, 0.25) is 0 Å². The van der Waals surface area contributed by atoms with E-state index in [2.05, 4.69) is 0 Å². The summed E-state index contributed by atoms with van der Waals surface area (Å²) in [4.78, 5) is 27.0. The minimum Gasteiger partial charge on any atom is -0.497 e. The van der Waals surface area contributed by atoms with E-state index in [1.54, 1.807) is 30.2 Å². The van der Waals surface area contributed by atoms with E-state index in [1.807, 2.05) is 31.2 Å². The van der Waals surface area contributed by atoms with Crippen molar-refractivity contribution in [1.82, 2.24) is 4.90 Å². The number of ether oxygens (including phenoxy) is 3. The van der Waals surface area contributed by atoms with E-state index in [0.717, 1.165) is 5.56 Å².